The zero-order chi connectivity index (χ0) is 19.8. The molecule has 0 aliphatic rings. The van der Waals surface area contributed by atoms with Crippen molar-refractivity contribution in [3.63, 3.8) is 0 Å². The maximum Gasteiger partial charge on any atom is 0.255 e. The number of benzene rings is 3. The number of rotatable bonds is 7. The average molecular weight is 374 g/mol. The molecule has 0 saturated heterocycles. The molecule has 0 aliphatic heterocycles. The topological polar surface area (TPSA) is 67.4 Å². The molecule has 0 aliphatic carbocycles. The second-order valence-electron chi connectivity index (χ2n) is 6.25. The van der Waals surface area contributed by atoms with Crippen molar-refractivity contribution in [3.05, 3.63) is 101 Å². The van der Waals surface area contributed by atoms with Crippen LogP contribution in [0.2, 0.25) is 0 Å². The monoisotopic (exact) mass is 374 g/mol. The van der Waals surface area contributed by atoms with E-state index in [2.05, 4.69) is 10.6 Å². The number of hydrogen-bond donors (Lipinski definition) is 2. The highest BCUT2D eigenvalue weighted by molar-refractivity contribution is 6.08. The molecular formula is C23H22N2O3. The number of anilines is 1. The van der Waals surface area contributed by atoms with Gasteiger partial charge in [0.15, 0.2) is 0 Å². The Morgan fingerprint density at radius 3 is 2.18 bits per heavy atom. The average Bonchev–Trinajstić information content (AvgIpc) is 2.74. The van der Waals surface area contributed by atoms with E-state index >= 15 is 0 Å². The van der Waals surface area contributed by atoms with Gasteiger partial charge in [-0.2, -0.15) is 0 Å². The third kappa shape index (κ3) is 4.84. The number of ether oxygens (including phenoxy) is 1. The maximum absolute atomic E-state index is 12.7. The molecular weight excluding hydrogens is 352 g/mol. The number of amides is 2. The summed E-state index contributed by atoms with van der Waals surface area (Å²) in [7, 11) is 1.64. The van der Waals surface area contributed by atoms with Gasteiger partial charge in [0.25, 0.3) is 11.8 Å². The first-order chi connectivity index (χ1) is 13.7. The van der Waals surface area contributed by atoms with E-state index in [1.807, 2.05) is 30.3 Å². The van der Waals surface area contributed by atoms with E-state index in [1.165, 1.54) is 0 Å². The van der Waals surface area contributed by atoms with Gasteiger partial charge in [-0.3, -0.25) is 9.59 Å². The van der Waals surface area contributed by atoms with E-state index in [1.54, 1.807) is 55.6 Å². The highest BCUT2D eigenvalue weighted by Gasteiger charge is 2.14. The lowest BCUT2D eigenvalue weighted by Crippen LogP contribution is -2.25. The van der Waals surface area contributed by atoms with Crippen molar-refractivity contribution >= 4 is 17.5 Å². The molecule has 0 unspecified atom stereocenters. The van der Waals surface area contributed by atoms with Crippen molar-refractivity contribution in [2.24, 2.45) is 0 Å². The molecule has 142 valence electrons. The number of para-hydroxylation sites is 1. The molecule has 0 fully saturated rings. The highest BCUT2D eigenvalue weighted by atomic mass is 16.5. The fourth-order valence-corrected chi connectivity index (χ4v) is 2.87. The first-order valence-corrected chi connectivity index (χ1v) is 8.98. The van der Waals surface area contributed by atoms with Crippen LogP contribution in [0.5, 0.6) is 0 Å². The Bertz CT molecular complexity index is 955. The van der Waals surface area contributed by atoms with E-state index in [0.29, 0.717) is 30.0 Å². The van der Waals surface area contributed by atoms with E-state index < -0.39 is 0 Å². The van der Waals surface area contributed by atoms with E-state index in [0.717, 1.165) is 11.1 Å². The van der Waals surface area contributed by atoms with Crippen LogP contribution >= 0.6 is 0 Å². The molecule has 5 nitrogen and oxygen atoms in total. The van der Waals surface area contributed by atoms with Gasteiger partial charge in [-0.25, -0.2) is 0 Å². The normalized spacial score (nSPS) is 10.3. The molecule has 2 amide bonds. The van der Waals surface area contributed by atoms with E-state index in [4.69, 9.17) is 4.74 Å². The maximum atomic E-state index is 12.7. The molecule has 0 bridgehead atoms. The molecule has 2 N–H and O–H groups in total. The second kappa shape index (κ2) is 9.48. The zero-order valence-corrected chi connectivity index (χ0v) is 15.6. The smallest absolute Gasteiger partial charge is 0.255 e. The summed E-state index contributed by atoms with van der Waals surface area (Å²) in [5, 5.41) is 5.74. The number of nitrogens with one attached hydrogen (secondary N) is 2. The summed E-state index contributed by atoms with van der Waals surface area (Å²) in [5.74, 6) is -0.512. The summed E-state index contributed by atoms with van der Waals surface area (Å²) in [6.07, 6.45) is 0. The van der Waals surface area contributed by atoms with Crippen molar-refractivity contribution in [1.82, 2.24) is 5.32 Å². The SMILES string of the molecule is COCc1ccccc1CNC(=O)c1ccccc1NC(=O)c1ccccc1. The molecule has 0 spiro atoms. The lowest BCUT2D eigenvalue weighted by molar-refractivity contribution is 0.0951. The lowest BCUT2D eigenvalue weighted by atomic mass is 10.1. The minimum Gasteiger partial charge on any atom is -0.380 e. The van der Waals surface area contributed by atoms with Crippen LogP contribution in [0.25, 0.3) is 0 Å². The third-order valence-electron chi connectivity index (χ3n) is 4.31. The van der Waals surface area contributed by atoms with Crippen molar-refractivity contribution < 1.29 is 14.3 Å². The molecule has 0 aromatic heterocycles. The molecule has 3 aromatic rings. The van der Waals surface area contributed by atoms with Gasteiger partial charge in [0, 0.05) is 19.2 Å². The highest BCUT2D eigenvalue weighted by Crippen LogP contribution is 2.17. The quantitative estimate of drug-likeness (QED) is 0.656. The van der Waals surface area contributed by atoms with Crippen LogP contribution in [0.3, 0.4) is 0 Å². The Labute approximate surface area is 164 Å². The van der Waals surface area contributed by atoms with E-state index in [9.17, 15) is 9.59 Å². The van der Waals surface area contributed by atoms with Gasteiger partial charge in [-0.1, -0.05) is 54.6 Å². The predicted octanol–water partition coefficient (Wildman–Crippen LogP) is 4.02. The standard InChI is InChI=1S/C23H22N2O3/c1-28-16-19-12-6-5-11-18(19)15-24-23(27)20-13-7-8-14-21(20)25-22(26)17-9-3-2-4-10-17/h2-14H,15-16H2,1H3,(H,24,27)(H,25,26). The molecule has 5 heteroatoms. The number of carbonyl (C=O) groups excluding carboxylic acids is 2. The minimum atomic E-state index is -0.258. The molecule has 3 rings (SSSR count). The fourth-order valence-electron chi connectivity index (χ4n) is 2.87. The van der Waals surface area contributed by atoms with Gasteiger partial charge in [0.2, 0.25) is 0 Å². The Balaban J connectivity index is 1.72. The Morgan fingerprint density at radius 1 is 0.786 bits per heavy atom. The first-order valence-electron chi connectivity index (χ1n) is 8.98. The summed E-state index contributed by atoms with van der Waals surface area (Å²) in [6.45, 7) is 0.856. The van der Waals surface area contributed by atoms with E-state index in [-0.39, 0.29) is 11.8 Å². The van der Waals surface area contributed by atoms with Crippen molar-refractivity contribution in [3.8, 4) is 0 Å². The van der Waals surface area contributed by atoms with Crippen molar-refractivity contribution in [2.45, 2.75) is 13.2 Å². The van der Waals surface area contributed by atoms with Crippen molar-refractivity contribution in [2.75, 3.05) is 12.4 Å². The molecule has 0 saturated carbocycles. The summed E-state index contributed by atoms with van der Waals surface area (Å²) in [6, 6.07) is 23.6. The summed E-state index contributed by atoms with van der Waals surface area (Å²) in [5.41, 5.74) is 3.43. The predicted molar refractivity (Wildman–Crippen MR) is 109 cm³/mol. The van der Waals surface area contributed by atoms with Crippen LogP contribution < -0.4 is 10.6 Å². The summed E-state index contributed by atoms with van der Waals surface area (Å²) < 4.78 is 5.20. The number of methoxy groups -OCH3 is 1. The van der Waals surface area contributed by atoms with Crippen LogP contribution in [-0.4, -0.2) is 18.9 Å². The van der Waals surface area contributed by atoms with Gasteiger partial charge >= 0.3 is 0 Å². The van der Waals surface area contributed by atoms with Gasteiger partial charge in [0.05, 0.1) is 17.9 Å². The zero-order valence-electron chi connectivity index (χ0n) is 15.6. The van der Waals surface area contributed by atoms with Gasteiger partial charge in [0.1, 0.15) is 0 Å². The molecule has 3 aromatic carbocycles. The third-order valence-corrected chi connectivity index (χ3v) is 4.31. The van der Waals surface area contributed by atoms with Gasteiger partial charge in [-0.15, -0.1) is 0 Å². The van der Waals surface area contributed by atoms with Crippen LogP contribution in [0.4, 0.5) is 5.69 Å². The van der Waals surface area contributed by atoms with Gasteiger partial charge in [-0.05, 0) is 35.4 Å². The van der Waals surface area contributed by atoms with Gasteiger partial charge < -0.3 is 15.4 Å². The summed E-state index contributed by atoms with van der Waals surface area (Å²) in [4.78, 5) is 25.2. The Hall–Kier alpha value is -3.44. The Morgan fingerprint density at radius 2 is 1.43 bits per heavy atom. The van der Waals surface area contributed by atoms with Crippen LogP contribution in [0, 0.1) is 0 Å². The minimum absolute atomic E-state index is 0.254. The fraction of sp³-hybridized carbons (Fsp3) is 0.130. The summed E-state index contributed by atoms with van der Waals surface area (Å²) >= 11 is 0. The molecule has 0 heterocycles. The molecule has 0 atom stereocenters. The number of carbonyl (C=O) groups is 2. The molecule has 28 heavy (non-hydrogen) atoms. The molecule has 0 radical (unpaired) electrons. The number of hydrogen-bond acceptors (Lipinski definition) is 3. The Kier molecular flexibility index (Phi) is 6.54. The largest absolute Gasteiger partial charge is 0.380 e. The lowest BCUT2D eigenvalue weighted by Gasteiger charge is -2.13. The van der Waals surface area contributed by atoms with Crippen molar-refractivity contribution in [1.29, 1.82) is 0 Å². The first kappa shape index (κ1) is 19.3. The van der Waals surface area contributed by atoms with Crippen LogP contribution in [0.1, 0.15) is 31.8 Å². The van der Waals surface area contributed by atoms with Crippen LogP contribution in [-0.2, 0) is 17.9 Å². The second-order valence-corrected chi connectivity index (χ2v) is 6.25. The van der Waals surface area contributed by atoms with Crippen LogP contribution in [0.15, 0.2) is 78.9 Å².